The number of benzene rings is 2. The van der Waals surface area contributed by atoms with E-state index in [4.69, 9.17) is 13.9 Å². The summed E-state index contributed by atoms with van der Waals surface area (Å²) in [5.41, 5.74) is 2.97. The van der Waals surface area contributed by atoms with Crippen molar-refractivity contribution >= 4 is 28.4 Å². The van der Waals surface area contributed by atoms with Gasteiger partial charge in [0.15, 0.2) is 5.58 Å². The van der Waals surface area contributed by atoms with Gasteiger partial charge in [0.2, 0.25) is 0 Å². The summed E-state index contributed by atoms with van der Waals surface area (Å²) in [7, 11) is 0. The van der Waals surface area contributed by atoms with Crippen molar-refractivity contribution in [1.82, 2.24) is 9.55 Å². The molecule has 4 aromatic rings. The average Bonchev–Trinajstić information content (AvgIpc) is 3.38. The Kier molecular flexibility index (Phi) is 6.47. The molecule has 4 rings (SSSR count). The Morgan fingerprint density at radius 2 is 1.97 bits per heavy atom. The smallest absolute Gasteiger partial charge is 0.419 e. The van der Waals surface area contributed by atoms with Gasteiger partial charge in [0.25, 0.3) is 0 Å². The molecule has 0 N–H and O–H groups in total. The van der Waals surface area contributed by atoms with E-state index in [1.807, 2.05) is 54.8 Å². The minimum Gasteiger partial charge on any atom is -0.494 e. The fourth-order valence-electron chi connectivity index (χ4n) is 3.20. The van der Waals surface area contributed by atoms with Crippen molar-refractivity contribution in [1.29, 1.82) is 0 Å². The van der Waals surface area contributed by atoms with Crippen molar-refractivity contribution in [3.63, 3.8) is 0 Å². The van der Waals surface area contributed by atoms with E-state index in [0.717, 1.165) is 21.8 Å². The van der Waals surface area contributed by atoms with Crippen molar-refractivity contribution in [3.05, 3.63) is 70.2 Å². The van der Waals surface area contributed by atoms with Gasteiger partial charge in [-0.15, -0.1) is 11.3 Å². The molecule has 8 heteroatoms. The molecule has 2 aromatic heterocycles. The van der Waals surface area contributed by atoms with Crippen molar-refractivity contribution in [2.45, 2.75) is 32.9 Å². The lowest BCUT2D eigenvalue weighted by atomic mass is 10.2. The van der Waals surface area contributed by atoms with Crippen molar-refractivity contribution in [3.8, 4) is 16.3 Å². The minimum atomic E-state index is -0.418. The molecule has 0 spiro atoms. The molecular formula is C23H22N2O5S. The van der Waals surface area contributed by atoms with Crippen molar-refractivity contribution in [2.24, 2.45) is 0 Å². The van der Waals surface area contributed by atoms with Crippen LogP contribution in [0.15, 0.2) is 63.1 Å². The molecule has 0 fully saturated rings. The minimum absolute atomic E-state index is 0.126. The molecule has 0 aliphatic heterocycles. The number of ether oxygens (including phenoxy) is 2. The van der Waals surface area contributed by atoms with Gasteiger partial charge in [-0.05, 0) is 49.7 Å². The Labute approximate surface area is 182 Å². The zero-order chi connectivity index (χ0) is 21.6. The summed E-state index contributed by atoms with van der Waals surface area (Å²) in [5.74, 6) is 0.0815. The van der Waals surface area contributed by atoms with Crippen LogP contribution in [-0.2, 0) is 22.7 Å². The molecule has 0 unspecified atom stereocenters. The van der Waals surface area contributed by atoms with E-state index in [9.17, 15) is 9.59 Å². The summed E-state index contributed by atoms with van der Waals surface area (Å²) in [6.07, 6.45) is 0.693. The Balaban J connectivity index is 1.26. The second-order valence-electron chi connectivity index (χ2n) is 6.85. The highest BCUT2D eigenvalue weighted by atomic mass is 32.1. The third-order valence-electron chi connectivity index (χ3n) is 4.68. The number of nitrogens with zero attached hydrogens (tertiary/aromatic N) is 2. The second kappa shape index (κ2) is 9.61. The lowest BCUT2D eigenvalue weighted by Gasteiger charge is -2.04. The number of rotatable bonds is 9. The fraction of sp³-hybridized carbons (Fsp3) is 0.261. The van der Waals surface area contributed by atoms with Gasteiger partial charge in [-0.25, -0.2) is 9.78 Å². The van der Waals surface area contributed by atoms with E-state index >= 15 is 0 Å². The van der Waals surface area contributed by atoms with Gasteiger partial charge >= 0.3 is 11.7 Å². The molecule has 0 saturated carbocycles. The highest BCUT2D eigenvalue weighted by Gasteiger charge is 2.11. The van der Waals surface area contributed by atoms with Gasteiger partial charge in [-0.2, -0.15) is 0 Å². The topological polar surface area (TPSA) is 83.6 Å². The highest BCUT2D eigenvalue weighted by molar-refractivity contribution is 7.13. The van der Waals surface area contributed by atoms with Crippen LogP contribution in [0.25, 0.3) is 21.7 Å². The Morgan fingerprint density at radius 1 is 1.16 bits per heavy atom. The largest absolute Gasteiger partial charge is 0.494 e. The molecule has 0 atom stereocenters. The number of fused-ring (bicyclic) bond motifs is 1. The highest BCUT2D eigenvalue weighted by Crippen LogP contribution is 2.26. The SMILES string of the molecule is CCOc1ccc(-c2nc(COC(=O)CCCn3c(=O)oc4ccccc43)cs2)cc1. The first-order valence-electron chi connectivity index (χ1n) is 10.1. The normalized spacial score (nSPS) is 11.0. The van der Waals surface area contributed by atoms with E-state index in [0.29, 0.717) is 30.8 Å². The number of carbonyl (C=O) groups excluding carboxylic acids is 1. The van der Waals surface area contributed by atoms with E-state index in [2.05, 4.69) is 4.98 Å². The van der Waals surface area contributed by atoms with Gasteiger partial charge in [-0.1, -0.05) is 12.1 Å². The maximum atomic E-state index is 12.1. The Hall–Kier alpha value is -3.39. The van der Waals surface area contributed by atoms with Crippen LogP contribution in [0, 0.1) is 0 Å². The third-order valence-corrected chi connectivity index (χ3v) is 5.62. The predicted octanol–water partition coefficient (Wildman–Crippen LogP) is 4.64. The summed E-state index contributed by atoms with van der Waals surface area (Å²) in [6.45, 7) is 3.09. The number of oxazole rings is 1. The first-order valence-corrected chi connectivity index (χ1v) is 10.9. The lowest BCUT2D eigenvalue weighted by molar-refractivity contribution is -0.145. The van der Waals surface area contributed by atoms with Crippen LogP contribution in [0.3, 0.4) is 0 Å². The number of hydrogen-bond acceptors (Lipinski definition) is 7. The summed E-state index contributed by atoms with van der Waals surface area (Å²) < 4.78 is 17.5. The molecular weight excluding hydrogens is 416 g/mol. The number of esters is 1. The summed E-state index contributed by atoms with van der Waals surface area (Å²) >= 11 is 1.50. The van der Waals surface area contributed by atoms with Gasteiger partial charge in [-0.3, -0.25) is 9.36 Å². The number of aromatic nitrogens is 2. The summed E-state index contributed by atoms with van der Waals surface area (Å²) in [4.78, 5) is 28.6. The van der Waals surface area contributed by atoms with E-state index in [-0.39, 0.29) is 19.0 Å². The van der Waals surface area contributed by atoms with Crippen LogP contribution < -0.4 is 10.5 Å². The second-order valence-corrected chi connectivity index (χ2v) is 7.71. The van der Waals surface area contributed by atoms with Gasteiger partial charge < -0.3 is 13.9 Å². The van der Waals surface area contributed by atoms with E-state index in [1.165, 1.54) is 15.9 Å². The van der Waals surface area contributed by atoms with Crippen LogP contribution in [-0.4, -0.2) is 22.1 Å². The zero-order valence-corrected chi connectivity index (χ0v) is 17.9. The molecule has 0 saturated heterocycles. The molecule has 31 heavy (non-hydrogen) atoms. The number of hydrogen-bond donors (Lipinski definition) is 0. The van der Waals surface area contributed by atoms with Gasteiger partial charge in [0.05, 0.1) is 17.8 Å². The summed E-state index contributed by atoms with van der Waals surface area (Å²) in [6, 6.07) is 15.0. The Bertz CT molecular complexity index is 1220. The lowest BCUT2D eigenvalue weighted by Crippen LogP contribution is -2.15. The fourth-order valence-corrected chi connectivity index (χ4v) is 4.01. The van der Waals surface area contributed by atoms with Crippen LogP contribution >= 0.6 is 11.3 Å². The third kappa shape index (κ3) is 5.03. The maximum absolute atomic E-state index is 12.1. The zero-order valence-electron chi connectivity index (χ0n) is 17.1. The van der Waals surface area contributed by atoms with Crippen molar-refractivity contribution in [2.75, 3.05) is 6.61 Å². The molecule has 2 heterocycles. The van der Waals surface area contributed by atoms with E-state index < -0.39 is 5.76 Å². The Morgan fingerprint density at radius 3 is 2.77 bits per heavy atom. The molecule has 7 nitrogen and oxygen atoms in total. The maximum Gasteiger partial charge on any atom is 0.419 e. The monoisotopic (exact) mass is 438 g/mol. The number of thiazole rings is 1. The van der Waals surface area contributed by atoms with Crippen molar-refractivity contribution < 1.29 is 18.7 Å². The van der Waals surface area contributed by atoms with Gasteiger partial charge in [0, 0.05) is 23.9 Å². The quantitative estimate of drug-likeness (QED) is 0.354. The molecule has 0 aliphatic rings. The average molecular weight is 439 g/mol. The first-order chi connectivity index (χ1) is 15.1. The van der Waals surface area contributed by atoms with Crippen LogP contribution in [0.2, 0.25) is 0 Å². The molecule has 0 amide bonds. The van der Waals surface area contributed by atoms with E-state index in [1.54, 1.807) is 6.07 Å². The number of aryl methyl sites for hydroxylation is 1. The molecule has 0 radical (unpaired) electrons. The van der Waals surface area contributed by atoms with Gasteiger partial charge in [0.1, 0.15) is 17.4 Å². The number of carbonyl (C=O) groups is 1. The van der Waals surface area contributed by atoms with Crippen LogP contribution in [0.5, 0.6) is 5.75 Å². The molecule has 2 aromatic carbocycles. The van der Waals surface area contributed by atoms with Crippen LogP contribution in [0.4, 0.5) is 0 Å². The molecule has 0 aliphatic carbocycles. The predicted molar refractivity (Wildman–Crippen MR) is 118 cm³/mol. The summed E-state index contributed by atoms with van der Waals surface area (Å²) in [5, 5.41) is 2.75. The number of para-hydroxylation sites is 2. The first kappa shape index (κ1) is 20.9. The standard InChI is InChI=1S/C23H22N2O5S/c1-2-28-18-11-9-16(10-12-18)22-24-17(15-31-22)14-29-21(26)8-5-13-25-19-6-3-4-7-20(19)30-23(25)27/h3-4,6-7,9-12,15H,2,5,8,13-14H2,1H3. The van der Waals surface area contributed by atoms with Crippen LogP contribution in [0.1, 0.15) is 25.5 Å². The molecule has 160 valence electrons. The molecule has 0 bridgehead atoms.